The number of halogens is 1. The molecule has 1 amide bonds. The van der Waals surface area contributed by atoms with Gasteiger partial charge in [0.25, 0.3) is 5.91 Å². The van der Waals surface area contributed by atoms with E-state index in [9.17, 15) is 9.18 Å². The van der Waals surface area contributed by atoms with Gasteiger partial charge in [-0.05, 0) is 25.1 Å². The molecule has 0 aromatic heterocycles. The minimum atomic E-state index is -0.545. The fourth-order valence-corrected chi connectivity index (χ4v) is 1.35. The van der Waals surface area contributed by atoms with Gasteiger partial charge in [-0.25, -0.2) is 4.39 Å². The van der Waals surface area contributed by atoms with Crippen LogP contribution < -0.4 is 5.32 Å². The maximum Gasteiger partial charge on any atom is 0.254 e. The third-order valence-corrected chi connectivity index (χ3v) is 2.19. The molecule has 0 saturated heterocycles. The summed E-state index contributed by atoms with van der Waals surface area (Å²) in [6, 6.07) is 4.13. The number of nitrogens with one attached hydrogen (secondary N) is 1. The van der Waals surface area contributed by atoms with E-state index in [4.69, 9.17) is 0 Å². The van der Waals surface area contributed by atoms with Gasteiger partial charge in [-0.2, -0.15) is 0 Å². The van der Waals surface area contributed by atoms with E-state index in [1.165, 1.54) is 18.2 Å². The molecular weight excluding hydrogens is 225 g/mol. The van der Waals surface area contributed by atoms with Crippen molar-refractivity contribution in [2.45, 2.75) is 18.2 Å². The van der Waals surface area contributed by atoms with Gasteiger partial charge in [0.1, 0.15) is 5.82 Å². The predicted octanol–water partition coefficient (Wildman–Crippen LogP) is 2.26. The maximum atomic E-state index is 13.3. The number of amides is 1. The first-order valence-corrected chi connectivity index (χ1v) is 5.26. The van der Waals surface area contributed by atoms with E-state index in [1.807, 2.05) is 0 Å². The van der Waals surface area contributed by atoms with Crippen LogP contribution in [0.5, 0.6) is 0 Å². The predicted molar refractivity (Wildman–Crippen MR) is 64.1 cm³/mol. The highest BCUT2D eigenvalue weighted by Crippen LogP contribution is 2.13. The molecule has 0 aliphatic carbocycles. The van der Waals surface area contributed by atoms with Gasteiger partial charge >= 0.3 is 0 Å². The van der Waals surface area contributed by atoms with Gasteiger partial charge < -0.3 is 5.32 Å². The van der Waals surface area contributed by atoms with E-state index in [0.29, 0.717) is 17.9 Å². The largest absolute Gasteiger partial charge is 0.351 e. The second-order valence-corrected chi connectivity index (χ2v) is 3.61. The number of hydrogen-bond donors (Lipinski definition) is 2. The van der Waals surface area contributed by atoms with E-state index in [-0.39, 0.29) is 5.56 Å². The molecule has 0 aliphatic rings. The summed E-state index contributed by atoms with van der Waals surface area (Å²) in [6.45, 7) is 2.14. The summed E-state index contributed by atoms with van der Waals surface area (Å²) in [6.07, 6.45) is 0.560. The van der Waals surface area contributed by atoms with Crippen LogP contribution >= 0.6 is 12.6 Å². The molecule has 16 heavy (non-hydrogen) atoms. The van der Waals surface area contributed by atoms with Gasteiger partial charge in [0.2, 0.25) is 0 Å². The Morgan fingerprint density at radius 2 is 2.31 bits per heavy atom. The highest BCUT2D eigenvalue weighted by molar-refractivity contribution is 7.80. The number of benzene rings is 1. The van der Waals surface area contributed by atoms with Crippen molar-refractivity contribution in [3.05, 3.63) is 29.6 Å². The Morgan fingerprint density at radius 1 is 1.56 bits per heavy atom. The molecule has 1 aromatic rings. The van der Waals surface area contributed by atoms with Gasteiger partial charge in [0, 0.05) is 17.9 Å². The van der Waals surface area contributed by atoms with Gasteiger partial charge in [-0.3, -0.25) is 4.79 Å². The molecule has 2 nitrogen and oxygen atoms in total. The van der Waals surface area contributed by atoms with Crippen LogP contribution in [0.2, 0.25) is 0 Å². The highest BCUT2D eigenvalue weighted by Gasteiger charge is 2.10. The molecule has 84 valence electrons. The molecule has 1 aromatic carbocycles. The van der Waals surface area contributed by atoms with Crippen molar-refractivity contribution in [3.63, 3.8) is 0 Å². The lowest BCUT2D eigenvalue weighted by molar-refractivity contribution is 0.0950. The lowest BCUT2D eigenvalue weighted by Crippen LogP contribution is -2.25. The normalized spacial score (nSPS) is 9.19. The van der Waals surface area contributed by atoms with Crippen LogP contribution in [-0.2, 0) is 0 Å². The second kappa shape index (κ2) is 6.19. The van der Waals surface area contributed by atoms with Crippen molar-refractivity contribution < 1.29 is 9.18 Å². The molecule has 0 heterocycles. The molecule has 0 atom stereocenters. The zero-order valence-electron chi connectivity index (χ0n) is 8.88. The SMILES string of the molecule is CC#CCCNC(=O)c1cc(S)ccc1F. The van der Waals surface area contributed by atoms with Crippen molar-refractivity contribution >= 4 is 18.5 Å². The second-order valence-electron chi connectivity index (χ2n) is 3.10. The van der Waals surface area contributed by atoms with Crippen molar-refractivity contribution in [3.8, 4) is 11.8 Å². The van der Waals surface area contributed by atoms with Gasteiger partial charge in [0.05, 0.1) is 5.56 Å². The summed E-state index contributed by atoms with van der Waals surface area (Å²) in [4.78, 5) is 12.1. The summed E-state index contributed by atoms with van der Waals surface area (Å²) in [5.74, 6) is 4.54. The average Bonchev–Trinajstić information content (AvgIpc) is 2.27. The van der Waals surface area contributed by atoms with E-state index in [1.54, 1.807) is 6.92 Å². The number of hydrogen-bond acceptors (Lipinski definition) is 2. The minimum Gasteiger partial charge on any atom is -0.351 e. The van der Waals surface area contributed by atoms with Crippen molar-refractivity contribution in [2.24, 2.45) is 0 Å². The number of thiol groups is 1. The molecule has 1 N–H and O–H groups in total. The first kappa shape index (κ1) is 12.6. The van der Waals surface area contributed by atoms with Crippen LogP contribution in [0.1, 0.15) is 23.7 Å². The Bertz CT molecular complexity index is 448. The summed E-state index contributed by atoms with van der Waals surface area (Å²) in [5.41, 5.74) is 0.0111. The van der Waals surface area contributed by atoms with E-state index < -0.39 is 11.7 Å². The van der Waals surface area contributed by atoms with E-state index in [0.717, 1.165) is 0 Å². The molecule has 0 radical (unpaired) electrons. The van der Waals surface area contributed by atoms with Crippen molar-refractivity contribution in [1.82, 2.24) is 5.32 Å². The Hall–Kier alpha value is -1.47. The first-order valence-electron chi connectivity index (χ1n) is 4.81. The third kappa shape index (κ3) is 3.59. The van der Waals surface area contributed by atoms with Crippen molar-refractivity contribution in [1.29, 1.82) is 0 Å². The molecule has 0 unspecified atom stereocenters. The quantitative estimate of drug-likeness (QED) is 0.471. The molecule has 0 spiro atoms. The first-order chi connectivity index (χ1) is 7.65. The third-order valence-electron chi connectivity index (χ3n) is 1.91. The van der Waals surface area contributed by atoms with E-state index >= 15 is 0 Å². The smallest absolute Gasteiger partial charge is 0.254 e. The fourth-order valence-electron chi connectivity index (χ4n) is 1.15. The molecule has 0 saturated carbocycles. The molecule has 0 fully saturated rings. The molecular formula is C12H12FNOS. The Kier molecular flexibility index (Phi) is 4.87. The topological polar surface area (TPSA) is 29.1 Å². The molecule has 1 rings (SSSR count). The summed E-state index contributed by atoms with van der Waals surface area (Å²) in [7, 11) is 0. The van der Waals surface area contributed by atoms with Crippen LogP contribution in [0.4, 0.5) is 4.39 Å². The van der Waals surface area contributed by atoms with Crippen LogP contribution in [0, 0.1) is 17.7 Å². The summed E-state index contributed by atoms with van der Waals surface area (Å²) in [5, 5.41) is 2.59. The van der Waals surface area contributed by atoms with Crippen LogP contribution in [0.15, 0.2) is 23.1 Å². The number of rotatable bonds is 3. The average molecular weight is 237 g/mol. The highest BCUT2D eigenvalue weighted by atomic mass is 32.1. The van der Waals surface area contributed by atoms with Crippen LogP contribution in [0.3, 0.4) is 0 Å². The maximum absolute atomic E-state index is 13.3. The molecule has 0 aliphatic heterocycles. The van der Waals surface area contributed by atoms with Gasteiger partial charge in [-0.1, -0.05) is 0 Å². The number of carbonyl (C=O) groups is 1. The fraction of sp³-hybridized carbons (Fsp3) is 0.250. The summed E-state index contributed by atoms with van der Waals surface area (Å²) < 4.78 is 13.3. The van der Waals surface area contributed by atoms with Gasteiger partial charge in [-0.15, -0.1) is 24.5 Å². The lowest BCUT2D eigenvalue weighted by atomic mass is 10.2. The molecule has 4 heteroatoms. The zero-order chi connectivity index (χ0) is 12.0. The zero-order valence-corrected chi connectivity index (χ0v) is 9.77. The Balaban J connectivity index is 2.64. The number of carbonyl (C=O) groups excluding carboxylic acids is 1. The van der Waals surface area contributed by atoms with Gasteiger partial charge in [0.15, 0.2) is 0 Å². The lowest BCUT2D eigenvalue weighted by Gasteiger charge is -2.04. The Labute approximate surface area is 99.7 Å². The minimum absolute atomic E-state index is 0.0111. The monoisotopic (exact) mass is 237 g/mol. The van der Waals surface area contributed by atoms with E-state index in [2.05, 4.69) is 29.8 Å². The summed E-state index contributed by atoms with van der Waals surface area (Å²) >= 11 is 4.05. The standard InChI is InChI=1S/C12H12FNOS/c1-2-3-4-7-14-12(15)10-8-9(16)5-6-11(10)13/h5-6,8,16H,4,7H2,1H3,(H,14,15). The Morgan fingerprint density at radius 3 is 3.00 bits per heavy atom. The van der Waals surface area contributed by atoms with Crippen LogP contribution in [0.25, 0.3) is 0 Å². The van der Waals surface area contributed by atoms with Crippen molar-refractivity contribution in [2.75, 3.05) is 6.54 Å². The van der Waals surface area contributed by atoms with Crippen LogP contribution in [-0.4, -0.2) is 12.5 Å². The molecule has 0 bridgehead atoms.